The molecule has 82 valence electrons. The molecule has 15 heavy (non-hydrogen) atoms. The van der Waals surface area contributed by atoms with Crippen LogP contribution in [0.15, 0.2) is 24.3 Å². The summed E-state index contributed by atoms with van der Waals surface area (Å²) in [4.78, 5) is 0. The average molecular weight is 202 g/mol. The number of rotatable bonds is 2. The first-order valence-corrected chi connectivity index (χ1v) is 6.25. The molecular weight excluding hydrogens is 180 g/mol. The van der Waals surface area contributed by atoms with Gasteiger partial charge in [0.1, 0.15) is 0 Å². The van der Waals surface area contributed by atoms with Crippen LogP contribution in [0.1, 0.15) is 50.2 Å². The third kappa shape index (κ3) is 2.09. The summed E-state index contributed by atoms with van der Waals surface area (Å²) in [6.45, 7) is 7.01. The van der Waals surface area contributed by atoms with Crippen LogP contribution in [-0.2, 0) is 0 Å². The number of hydrogen-bond donors (Lipinski definition) is 0. The molecular formula is C15H22. The topological polar surface area (TPSA) is 0 Å². The predicted octanol–water partition coefficient (Wildman–Crippen LogP) is 4.53. The Labute approximate surface area is 93.7 Å². The molecule has 0 saturated heterocycles. The Bertz CT molecular complexity index is 325. The molecule has 1 unspecified atom stereocenters. The second-order valence-electron chi connectivity index (χ2n) is 5.30. The van der Waals surface area contributed by atoms with Gasteiger partial charge in [0.15, 0.2) is 0 Å². The van der Waals surface area contributed by atoms with Crippen molar-refractivity contribution in [2.45, 2.75) is 46.0 Å². The summed E-state index contributed by atoms with van der Waals surface area (Å²) in [6, 6.07) is 8.93. The normalized spacial score (nSPS) is 26.1. The lowest BCUT2D eigenvalue weighted by atomic mass is 9.80. The maximum Gasteiger partial charge on any atom is -0.0129 e. The molecule has 0 spiro atoms. The van der Waals surface area contributed by atoms with E-state index in [2.05, 4.69) is 45.0 Å². The van der Waals surface area contributed by atoms with Crippen molar-refractivity contribution in [1.82, 2.24) is 0 Å². The minimum Gasteiger partial charge on any atom is -0.0625 e. The molecule has 1 aliphatic rings. The molecule has 0 radical (unpaired) electrons. The second-order valence-corrected chi connectivity index (χ2v) is 5.30. The zero-order valence-electron chi connectivity index (χ0n) is 10.2. The van der Waals surface area contributed by atoms with Gasteiger partial charge in [0.25, 0.3) is 0 Å². The zero-order chi connectivity index (χ0) is 10.8. The molecule has 1 fully saturated rings. The first-order valence-electron chi connectivity index (χ1n) is 6.25. The van der Waals surface area contributed by atoms with E-state index < -0.39 is 0 Å². The van der Waals surface area contributed by atoms with Crippen LogP contribution in [0.4, 0.5) is 0 Å². The summed E-state index contributed by atoms with van der Waals surface area (Å²) in [6.07, 6.45) is 4.24. The average Bonchev–Trinajstić information content (AvgIpc) is 2.67. The van der Waals surface area contributed by atoms with Gasteiger partial charge in [-0.15, -0.1) is 0 Å². The van der Waals surface area contributed by atoms with Gasteiger partial charge in [-0.05, 0) is 48.6 Å². The molecule has 2 atom stereocenters. The lowest BCUT2D eigenvalue weighted by Crippen LogP contribution is -2.13. The van der Waals surface area contributed by atoms with Crippen LogP contribution < -0.4 is 0 Å². The summed E-state index contributed by atoms with van der Waals surface area (Å²) in [7, 11) is 0. The molecule has 1 aliphatic carbocycles. The van der Waals surface area contributed by atoms with Crippen molar-refractivity contribution >= 4 is 0 Å². The van der Waals surface area contributed by atoms with E-state index in [0.29, 0.717) is 0 Å². The van der Waals surface area contributed by atoms with Crippen molar-refractivity contribution in [3.05, 3.63) is 35.4 Å². The summed E-state index contributed by atoms with van der Waals surface area (Å²) >= 11 is 0. The Balaban J connectivity index is 2.27. The second kappa shape index (κ2) is 4.38. The molecule has 0 N–H and O–H groups in total. The van der Waals surface area contributed by atoms with Crippen molar-refractivity contribution in [3.8, 4) is 0 Å². The van der Waals surface area contributed by atoms with E-state index in [-0.39, 0.29) is 0 Å². The molecule has 1 aromatic rings. The highest BCUT2D eigenvalue weighted by Crippen LogP contribution is 2.44. The Morgan fingerprint density at radius 2 is 1.87 bits per heavy atom. The predicted molar refractivity (Wildman–Crippen MR) is 66.1 cm³/mol. The van der Waals surface area contributed by atoms with E-state index in [1.54, 1.807) is 5.56 Å². The number of hydrogen-bond acceptors (Lipinski definition) is 0. The fourth-order valence-electron chi connectivity index (χ4n) is 3.18. The molecule has 0 bridgehead atoms. The smallest absolute Gasteiger partial charge is 0.0129 e. The monoisotopic (exact) mass is 202 g/mol. The molecule has 0 aromatic heterocycles. The minimum absolute atomic E-state index is 0.825. The van der Waals surface area contributed by atoms with Crippen molar-refractivity contribution < 1.29 is 0 Å². The molecule has 2 rings (SSSR count). The molecule has 1 aromatic carbocycles. The standard InChI is InChI=1S/C15H22/c1-11(2)13-9-6-10-15(13)14-8-5-4-7-12(14)3/h4-5,7-8,11,13,15H,6,9-10H2,1-3H3/t13?,15-/m0/s1. The SMILES string of the molecule is Cc1ccccc1[C@H]1CCCC1C(C)C. The van der Waals surface area contributed by atoms with Crippen LogP contribution in [0.2, 0.25) is 0 Å². The van der Waals surface area contributed by atoms with Gasteiger partial charge in [0, 0.05) is 0 Å². The fraction of sp³-hybridized carbons (Fsp3) is 0.600. The van der Waals surface area contributed by atoms with Crippen LogP contribution in [0, 0.1) is 18.8 Å². The Kier molecular flexibility index (Phi) is 3.14. The van der Waals surface area contributed by atoms with Crippen molar-refractivity contribution in [2.75, 3.05) is 0 Å². The third-order valence-electron chi connectivity index (χ3n) is 4.01. The van der Waals surface area contributed by atoms with Crippen LogP contribution in [0.25, 0.3) is 0 Å². The van der Waals surface area contributed by atoms with E-state index in [1.165, 1.54) is 24.8 Å². The molecule has 0 nitrogen and oxygen atoms in total. The quantitative estimate of drug-likeness (QED) is 0.660. The fourth-order valence-corrected chi connectivity index (χ4v) is 3.18. The molecule has 0 heteroatoms. The zero-order valence-corrected chi connectivity index (χ0v) is 10.2. The maximum absolute atomic E-state index is 2.38. The van der Waals surface area contributed by atoms with E-state index in [1.807, 2.05) is 0 Å². The summed E-state index contributed by atoms with van der Waals surface area (Å²) in [5, 5.41) is 0. The third-order valence-corrected chi connectivity index (χ3v) is 4.01. The van der Waals surface area contributed by atoms with E-state index in [9.17, 15) is 0 Å². The van der Waals surface area contributed by atoms with E-state index >= 15 is 0 Å². The van der Waals surface area contributed by atoms with Gasteiger partial charge in [-0.3, -0.25) is 0 Å². The summed E-state index contributed by atoms with van der Waals surface area (Å²) in [5.41, 5.74) is 3.09. The highest BCUT2D eigenvalue weighted by atomic mass is 14.4. The van der Waals surface area contributed by atoms with Gasteiger partial charge in [-0.2, -0.15) is 0 Å². The molecule has 0 aliphatic heterocycles. The number of aryl methyl sites for hydroxylation is 1. The van der Waals surface area contributed by atoms with Gasteiger partial charge in [-0.25, -0.2) is 0 Å². The van der Waals surface area contributed by atoms with Crippen molar-refractivity contribution in [3.63, 3.8) is 0 Å². The van der Waals surface area contributed by atoms with Crippen molar-refractivity contribution in [1.29, 1.82) is 0 Å². The summed E-state index contributed by atoms with van der Waals surface area (Å²) in [5.74, 6) is 2.56. The van der Waals surface area contributed by atoms with E-state index in [0.717, 1.165) is 17.8 Å². The molecule has 0 amide bonds. The molecule has 1 saturated carbocycles. The first-order chi connectivity index (χ1) is 7.20. The molecule has 0 heterocycles. The maximum atomic E-state index is 2.38. The Hall–Kier alpha value is -0.780. The van der Waals surface area contributed by atoms with Gasteiger partial charge in [0.2, 0.25) is 0 Å². The van der Waals surface area contributed by atoms with Gasteiger partial charge < -0.3 is 0 Å². The first kappa shape index (κ1) is 10.7. The van der Waals surface area contributed by atoms with Gasteiger partial charge >= 0.3 is 0 Å². The van der Waals surface area contributed by atoms with Gasteiger partial charge in [-0.1, -0.05) is 44.5 Å². The van der Waals surface area contributed by atoms with Crippen LogP contribution in [0.3, 0.4) is 0 Å². The van der Waals surface area contributed by atoms with E-state index in [4.69, 9.17) is 0 Å². The Morgan fingerprint density at radius 3 is 2.53 bits per heavy atom. The van der Waals surface area contributed by atoms with Gasteiger partial charge in [0.05, 0.1) is 0 Å². The van der Waals surface area contributed by atoms with Crippen LogP contribution in [0.5, 0.6) is 0 Å². The lowest BCUT2D eigenvalue weighted by molar-refractivity contribution is 0.357. The largest absolute Gasteiger partial charge is 0.0625 e. The highest BCUT2D eigenvalue weighted by Gasteiger charge is 2.31. The highest BCUT2D eigenvalue weighted by molar-refractivity contribution is 5.30. The van der Waals surface area contributed by atoms with Crippen LogP contribution >= 0.6 is 0 Å². The minimum atomic E-state index is 0.825. The van der Waals surface area contributed by atoms with Crippen LogP contribution in [-0.4, -0.2) is 0 Å². The number of benzene rings is 1. The summed E-state index contributed by atoms with van der Waals surface area (Å²) < 4.78 is 0. The van der Waals surface area contributed by atoms with Crippen molar-refractivity contribution in [2.24, 2.45) is 11.8 Å². The lowest BCUT2D eigenvalue weighted by Gasteiger charge is -2.24. The Morgan fingerprint density at radius 1 is 1.13 bits per heavy atom.